The summed E-state index contributed by atoms with van der Waals surface area (Å²) in [5, 5.41) is 0. The second-order valence-electron chi connectivity index (χ2n) is 20.0. The van der Waals surface area contributed by atoms with E-state index in [2.05, 4.69) is 194 Å². The van der Waals surface area contributed by atoms with Gasteiger partial charge in [0.25, 0.3) is 0 Å². The molecular formula is C49H60Cl2Hf. The summed E-state index contributed by atoms with van der Waals surface area (Å²) in [5.74, 6) is 0. The molecule has 2 aliphatic rings. The molecule has 52 heavy (non-hydrogen) atoms. The van der Waals surface area contributed by atoms with Crippen molar-refractivity contribution in [2.75, 3.05) is 0 Å². The summed E-state index contributed by atoms with van der Waals surface area (Å²) < 4.78 is 0.882. The molecule has 0 N–H and O–H groups in total. The Kier molecular flexibility index (Phi) is 9.76. The average molecular weight is 898 g/mol. The van der Waals surface area contributed by atoms with Crippen LogP contribution in [0.15, 0.2) is 97.1 Å². The van der Waals surface area contributed by atoms with Crippen LogP contribution < -0.4 is 0 Å². The number of benzene rings is 4. The molecule has 0 aliphatic heterocycles. The van der Waals surface area contributed by atoms with Gasteiger partial charge in [-0.05, 0) is 0 Å². The third-order valence-electron chi connectivity index (χ3n) is 11.6. The van der Waals surface area contributed by atoms with Gasteiger partial charge in [0.1, 0.15) is 0 Å². The van der Waals surface area contributed by atoms with Crippen LogP contribution in [-0.2, 0) is 37.3 Å². The summed E-state index contributed by atoms with van der Waals surface area (Å²) in [6.45, 7) is 32.5. The van der Waals surface area contributed by atoms with Crippen molar-refractivity contribution in [3.8, 4) is 11.1 Å². The van der Waals surface area contributed by atoms with Crippen LogP contribution in [0, 0.1) is 13.8 Å². The SMILES string of the molecule is Cc1ccc([C](c2ccc(C)cc2)=[Hf]([Cl])([Cl])([CH]2C=CC=C2)[CH]2c3cc(C(C)(C)C)c(C(C)(C)C)cc3-c3cc(C(C)(C)C)c(C(C)(C)C)cc32)cc1. The van der Waals surface area contributed by atoms with E-state index in [1.807, 2.05) is 0 Å². The molecule has 6 rings (SSSR count). The number of rotatable bonds is 4. The quantitative estimate of drug-likeness (QED) is 0.179. The fourth-order valence-electron chi connectivity index (χ4n) is 8.84. The first-order valence-corrected chi connectivity index (χ1v) is 34.0. The first kappa shape index (κ1) is 39.4. The molecular weight excluding hydrogens is 838 g/mol. The van der Waals surface area contributed by atoms with Gasteiger partial charge in [0.15, 0.2) is 0 Å². The fraction of sp³-hybridized carbons (Fsp3) is 0.408. The number of halogens is 2. The normalized spacial score (nSPS) is 15.7. The molecule has 0 unspecified atom stereocenters. The third-order valence-corrected chi connectivity index (χ3v) is 39.7. The summed E-state index contributed by atoms with van der Waals surface area (Å²) in [6, 6.07) is 28.0. The number of fused-ring (bicyclic) bond motifs is 3. The van der Waals surface area contributed by atoms with E-state index in [0.717, 1.165) is 14.4 Å². The van der Waals surface area contributed by atoms with Gasteiger partial charge in [-0.15, -0.1) is 0 Å². The van der Waals surface area contributed by atoms with E-state index in [4.69, 9.17) is 17.2 Å². The Bertz CT molecular complexity index is 2030. The standard InChI is InChI=1S/C29H41.C15H14.C5H5.2ClH.Hf/c1-26(2,3)22-14-18-13-19-15-23(27(4,5)6)25(29(10,11)12)17-21(19)20(18)16-24(22)28(7,8)9;1-12-3-7-14(8-4-12)11-15-9-5-13(2)6-10-15;1-2-4-5-3-1;;;/h13-17H,1-12H3;3-10H,1-2H3;1-5H;2*1H;/q;;;;;+2/p-2. The van der Waals surface area contributed by atoms with Crippen molar-refractivity contribution in [1.29, 1.82) is 0 Å². The Morgan fingerprint density at radius 2 is 0.788 bits per heavy atom. The van der Waals surface area contributed by atoms with Crippen molar-refractivity contribution >= 4 is 20.4 Å². The van der Waals surface area contributed by atoms with Crippen molar-refractivity contribution in [3.63, 3.8) is 0 Å². The Balaban J connectivity index is 1.92. The molecule has 0 amide bonds. The zero-order chi connectivity index (χ0) is 38.4. The summed E-state index contributed by atoms with van der Waals surface area (Å²) >= 11 is -5.72. The van der Waals surface area contributed by atoms with Gasteiger partial charge in [-0.25, -0.2) is 0 Å². The Morgan fingerprint density at radius 3 is 1.10 bits per heavy atom. The van der Waals surface area contributed by atoms with Gasteiger partial charge in [-0.3, -0.25) is 0 Å². The summed E-state index contributed by atoms with van der Waals surface area (Å²) in [6.07, 6.45) is 8.93. The van der Waals surface area contributed by atoms with Crippen LogP contribution in [0.25, 0.3) is 11.1 Å². The van der Waals surface area contributed by atoms with Crippen LogP contribution in [0.4, 0.5) is 0 Å². The van der Waals surface area contributed by atoms with Gasteiger partial charge in [0, 0.05) is 0 Å². The van der Waals surface area contributed by atoms with E-state index in [1.165, 1.54) is 55.6 Å². The molecule has 0 bridgehead atoms. The van der Waals surface area contributed by atoms with Gasteiger partial charge in [0.2, 0.25) is 0 Å². The topological polar surface area (TPSA) is 0 Å². The van der Waals surface area contributed by atoms with Crippen molar-refractivity contribution < 1.29 is 15.7 Å². The van der Waals surface area contributed by atoms with Crippen LogP contribution in [0.3, 0.4) is 0 Å². The van der Waals surface area contributed by atoms with Crippen molar-refractivity contribution in [3.05, 3.63) is 153 Å². The Morgan fingerprint density at radius 1 is 0.481 bits per heavy atom. The van der Waals surface area contributed by atoms with Gasteiger partial charge in [0.05, 0.1) is 0 Å². The first-order chi connectivity index (χ1) is 23.8. The number of hydrogen-bond donors (Lipinski definition) is 0. The maximum atomic E-state index is 9.02. The van der Waals surface area contributed by atoms with E-state index in [1.54, 1.807) is 0 Å². The van der Waals surface area contributed by atoms with Gasteiger partial charge in [-0.1, -0.05) is 0 Å². The second-order valence-corrected chi connectivity index (χ2v) is 49.4. The van der Waals surface area contributed by atoms with Crippen molar-refractivity contribution in [2.24, 2.45) is 0 Å². The van der Waals surface area contributed by atoms with E-state index >= 15 is 0 Å². The van der Waals surface area contributed by atoms with Crippen LogP contribution in [0.5, 0.6) is 0 Å². The molecule has 0 nitrogen and oxygen atoms in total. The zero-order valence-electron chi connectivity index (χ0n) is 34.1. The van der Waals surface area contributed by atoms with Crippen LogP contribution in [-0.4, -0.2) is 3.26 Å². The molecule has 4 aromatic carbocycles. The third kappa shape index (κ3) is 6.68. The average Bonchev–Trinajstić information content (AvgIpc) is 3.68. The second kappa shape index (κ2) is 12.9. The maximum absolute atomic E-state index is 9.02. The van der Waals surface area contributed by atoms with Crippen molar-refractivity contribution in [2.45, 2.75) is 126 Å². The summed E-state index contributed by atoms with van der Waals surface area (Å²) in [7, 11) is 18.0. The van der Waals surface area contributed by atoms with Crippen molar-refractivity contribution in [1.82, 2.24) is 0 Å². The van der Waals surface area contributed by atoms with E-state index in [0.29, 0.717) is 0 Å². The number of allylic oxidation sites excluding steroid dienone is 4. The molecule has 0 fully saturated rings. The van der Waals surface area contributed by atoms with Crippen LogP contribution >= 0.6 is 17.2 Å². The van der Waals surface area contributed by atoms with E-state index < -0.39 is 15.7 Å². The van der Waals surface area contributed by atoms with Gasteiger partial charge >= 0.3 is 326 Å². The molecule has 2 aliphatic carbocycles. The molecule has 4 aromatic rings. The van der Waals surface area contributed by atoms with Crippen LogP contribution in [0.2, 0.25) is 3.67 Å². The van der Waals surface area contributed by atoms with Crippen LogP contribution in [0.1, 0.15) is 142 Å². The summed E-state index contributed by atoms with van der Waals surface area (Å²) in [4.78, 5) is 0. The minimum atomic E-state index is -5.72. The molecule has 0 aromatic heterocycles. The monoisotopic (exact) mass is 898 g/mol. The molecule has 0 spiro atoms. The summed E-state index contributed by atoms with van der Waals surface area (Å²) in [5.41, 5.74) is 15.2. The molecule has 274 valence electrons. The number of hydrogen-bond acceptors (Lipinski definition) is 0. The first-order valence-electron chi connectivity index (χ1n) is 19.2. The zero-order valence-corrected chi connectivity index (χ0v) is 39.3. The molecule has 0 atom stereocenters. The van der Waals surface area contributed by atoms with E-state index in [9.17, 15) is 0 Å². The fourth-order valence-corrected chi connectivity index (χ4v) is 36.6. The molecule has 0 saturated carbocycles. The van der Waals surface area contributed by atoms with E-state index in [-0.39, 0.29) is 29.0 Å². The van der Waals surface area contributed by atoms with Gasteiger partial charge in [-0.2, -0.15) is 0 Å². The predicted octanol–water partition coefficient (Wildman–Crippen LogP) is 14.7. The molecule has 0 saturated heterocycles. The molecule has 0 radical (unpaired) electrons. The molecule has 3 heteroatoms. The number of aryl methyl sites for hydroxylation is 2. The predicted molar refractivity (Wildman–Crippen MR) is 228 cm³/mol. The van der Waals surface area contributed by atoms with Gasteiger partial charge < -0.3 is 0 Å². The Labute approximate surface area is 323 Å². The minimum absolute atomic E-state index is 0.0487. The molecule has 0 heterocycles. The Hall–Kier alpha value is -2.32.